The van der Waals surface area contributed by atoms with E-state index < -0.39 is 0 Å². The van der Waals surface area contributed by atoms with E-state index in [2.05, 4.69) is 41.3 Å². The quantitative estimate of drug-likeness (QED) is 0.904. The molecule has 0 spiro atoms. The molecule has 0 aromatic carbocycles. The third-order valence-corrected chi connectivity index (χ3v) is 3.84. The van der Waals surface area contributed by atoms with Gasteiger partial charge in [0.1, 0.15) is 0 Å². The number of rotatable bonds is 5. The first kappa shape index (κ1) is 13.8. The van der Waals surface area contributed by atoms with Crippen LogP contribution in [0, 0.1) is 13.8 Å². The molecule has 2 aromatic rings. The van der Waals surface area contributed by atoms with Gasteiger partial charge in [-0.25, -0.2) is 4.98 Å². The van der Waals surface area contributed by atoms with Crippen molar-refractivity contribution in [3.05, 3.63) is 33.6 Å². The van der Waals surface area contributed by atoms with E-state index in [1.807, 2.05) is 19.9 Å². The lowest BCUT2D eigenvalue weighted by molar-refractivity contribution is 0.326. The maximum atomic E-state index is 5.43. The van der Waals surface area contributed by atoms with Gasteiger partial charge in [-0.2, -0.15) is 4.98 Å². The Hall–Kier alpha value is -1.62. The van der Waals surface area contributed by atoms with E-state index in [4.69, 9.17) is 4.74 Å². The van der Waals surface area contributed by atoms with Crippen molar-refractivity contribution >= 4 is 17.3 Å². The minimum absolute atomic E-state index is 0.190. The summed E-state index contributed by atoms with van der Waals surface area (Å²) >= 11 is 1.78. The Morgan fingerprint density at radius 2 is 2.11 bits per heavy atom. The molecule has 2 aromatic heterocycles. The maximum Gasteiger partial charge on any atom is 0.226 e. The molecule has 0 bridgehead atoms. The first-order chi connectivity index (χ1) is 9.08. The fourth-order valence-corrected chi connectivity index (χ4v) is 2.66. The van der Waals surface area contributed by atoms with Crippen LogP contribution in [0.2, 0.25) is 0 Å². The summed E-state index contributed by atoms with van der Waals surface area (Å²) in [5.74, 6) is 1.23. The Labute approximate surface area is 117 Å². The summed E-state index contributed by atoms with van der Waals surface area (Å²) in [6, 6.07) is 6.29. The predicted molar refractivity (Wildman–Crippen MR) is 79.0 cm³/mol. The van der Waals surface area contributed by atoms with Crippen LogP contribution >= 0.6 is 11.3 Å². The van der Waals surface area contributed by atoms with Crippen molar-refractivity contribution < 1.29 is 4.74 Å². The molecule has 0 saturated carbocycles. The lowest BCUT2D eigenvalue weighted by atomic mass is 10.3. The Morgan fingerprint density at radius 3 is 2.74 bits per heavy atom. The van der Waals surface area contributed by atoms with Crippen LogP contribution in [0.4, 0.5) is 5.95 Å². The third kappa shape index (κ3) is 3.67. The molecule has 19 heavy (non-hydrogen) atoms. The van der Waals surface area contributed by atoms with E-state index in [0.29, 0.717) is 18.4 Å². The number of aryl methyl sites for hydroxylation is 2. The van der Waals surface area contributed by atoms with Crippen LogP contribution in [0.5, 0.6) is 5.88 Å². The minimum atomic E-state index is 0.190. The molecule has 102 valence electrons. The zero-order valence-electron chi connectivity index (χ0n) is 11.7. The largest absolute Gasteiger partial charge is 0.478 e. The molecule has 5 heteroatoms. The van der Waals surface area contributed by atoms with Gasteiger partial charge < -0.3 is 10.1 Å². The molecule has 0 amide bonds. The second-order valence-electron chi connectivity index (χ2n) is 4.42. The Balaban J connectivity index is 2.14. The van der Waals surface area contributed by atoms with Gasteiger partial charge in [-0.05, 0) is 39.8 Å². The SMILES string of the molecule is CCOc1cc(C)nc(NC(C)c2ccc(C)s2)n1. The summed E-state index contributed by atoms with van der Waals surface area (Å²) in [7, 11) is 0. The number of hydrogen-bond donors (Lipinski definition) is 1. The number of nitrogens with one attached hydrogen (secondary N) is 1. The topological polar surface area (TPSA) is 47.0 Å². The third-order valence-electron chi connectivity index (χ3n) is 2.66. The zero-order chi connectivity index (χ0) is 13.8. The van der Waals surface area contributed by atoms with Crippen molar-refractivity contribution in [2.45, 2.75) is 33.7 Å². The Morgan fingerprint density at radius 1 is 1.32 bits per heavy atom. The minimum Gasteiger partial charge on any atom is -0.478 e. The van der Waals surface area contributed by atoms with Gasteiger partial charge in [-0.15, -0.1) is 11.3 Å². The van der Waals surface area contributed by atoms with E-state index >= 15 is 0 Å². The summed E-state index contributed by atoms with van der Waals surface area (Å²) in [6.45, 7) is 8.71. The first-order valence-electron chi connectivity index (χ1n) is 6.40. The number of nitrogens with zero attached hydrogens (tertiary/aromatic N) is 2. The van der Waals surface area contributed by atoms with Crippen LogP contribution in [-0.4, -0.2) is 16.6 Å². The lowest BCUT2D eigenvalue weighted by Crippen LogP contribution is -2.09. The zero-order valence-corrected chi connectivity index (χ0v) is 12.5. The summed E-state index contributed by atoms with van der Waals surface area (Å²) in [5, 5.41) is 3.32. The van der Waals surface area contributed by atoms with Crippen LogP contribution in [0.3, 0.4) is 0 Å². The van der Waals surface area contributed by atoms with Crippen molar-refractivity contribution in [3.8, 4) is 5.88 Å². The summed E-state index contributed by atoms with van der Waals surface area (Å²) in [6.07, 6.45) is 0. The molecule has 0 radical (unpaired) electrons. The highest BCUT2D eigenvalue weighted by atomic mass is 32.1. The highest BCUT2D eigenvalue weighted by Gasteiger charge is 2.10. The second kappa shape index (κ2) is 6.02. The van der Waals surface area contributed by atoms with Gasteiger partial charge in [0.25, 0.3) is 0 Å². The second-order valence-corrected chi connectivity index (χ2v) is 5.74. The average molecular weight is 277 g/mol. The van der Waals surface area contributed by atoms with Gasteiger partial charge in [0.05, 0.1) is 12.6 Å². The molecule has 0 aliphatic rings. The monoisotopic (exact) mass is 277 g/mol. The van der Waals surface area contributed by atoms with Crippen LogP contribution in [0.15, 0.2) is 18.2 Å². The highest BCUT2D eigenvalue weighted by Crippen LogP contribution is 2.25. The molecule has 1 atom stereocenters. The molecular weight excluding hydrogens is 258 g/mol. The number of hydrogen-bond acceptors (Lipinski definition) is 5. The molecule has 2 rings (SSSR count). The molecule has 1 N–H and O–H groups in total. The molecule has 0 fully saturated rings. The standard InChI is InChI=1S/C14H19N3OS/c1-5-18-13-8-9(2)15-14(17-13)16-11(4)12-7-6-10(3)19-12/h6-8,11H,5H2,1-4H3,(H,15,16,17). The summed E-state index contributed by atoms with van der Waals surface area (Å²) in [4.78, 5) is 11.3. The van der Waals surface area contributed by atoms with E-state index in [-0.39, 0.29) is 6.04 Å². The molecule has 4 nitrogen and oxygen atoms in total. The van der Waals surface area contributed by atoms with Gasteiger partial charge in [-0.3, -0.25) is 0 Å². The van der Waals surface area contributed by atoms with E-state index in [0.717, 1.165) is 5.69 Å². The average Bonchev–Trinajstić information content (AvgIpc) is 2.75. The normalized spacial score (nSPS) is 12.2. The van der Waals surface area contributed by atoms with Gasteiger partial charge in [0.2, 0.25) is 11.8 Å². The van der Waals surface area contributed by atoms with Crippen molar-refractivity contribution in [1.82, 2.24) is 9.97 Å². The number of anilines is 1. The summed E-state index contributed by atoms with van der Waals surface area (Å²) in [5.41, 5.74) is 0.899. The number of ether oxygens (including phenoxy) is 1. The van der Waals surface area contributed by atoms with E-state index in [9.17, 15) is 0 Å². The van der Waals surface area contributed by atoms with E-state index in [1.54, 1.807) is 11.3 Å². The van der Waals surface area contributed by atoms with Gasteiger partial charge in [-0.1, -0.05) is 0 Å². The fourth-order valence-electron chi connectivity index (χ4n) is 1.78. The summed E-state index contributed by atoms with van der Waals surface area (Å²) < 4.78 is 5.43. The molecular formula is C14H19N3OS. The van der Waals surface area contributed by atoms with Crippen molar-refractivity contribution in [2.24, 2.45) is 0 Å². The van der Waals surface area contributed by atoms with Crippen LogP contribution < -0.4 is 10.1 Å². The van der Waals surface area contributed by atoms with Crippen LogP contribution in [0.1, 0.15) is 35.3 Å². The molecule has 0 saturated heterocycles. The van der Waals surface area contributed by atoms with E-state index in [1.165, 1.54) is 9.75 Å². The van der Waals surface area contributed by atoms with Crippen LogP contribution in [0.25, 0.3) is 0 Å². The number of thiophene rings is 1. The fraction of sp³-hybridized carbons (Fsp3) is 0.429. The molecule has 0 aliphatic carbocycles. The Kier molecular flexibility index (Phi) is 4.37. The number of aromatic nitrogens is 2. The predicted octanol–water partition coefficient (Wildman–Crippen LogP) is 3.73. The van der Waals surface area contributed by atoms with Gasteiger partial charge in [0, 0.05) is 21.5 Å². The highest BCUT2D eigenvalue weighted by molar-refractivity contribution is 7.12. The maximum absolute atomic E-state index is 5.43. The van der Waals surface area contributed by atoms with Crippen molar-refractivity contribution in [3.63, 3.8) is 0 Å². The van der Waals surface area contributed by atoms with Crippen LogP contribution in [-0.2, 0) is 0 Å². The lowest BCUT2D eigenvalue weighted by Gasteiger charge is -2.13. The van der Waals surface area contributed by atoms with Gasteiger partial charge in [0.15, 0.2) is 0 Å². The van der Waals surface area contributed by atoms with Crippen molar-refractivity contribution in [1.29, 1.82) is 0 Å². The first-order valence-corrected chi connectivity index (χ1v) is 7.21. The van der Waals surface area contributed by atoms with Gasteiger partial charge >= 0.3 is 0 Å². The molecule has 2 heterocycles. The molecule has 1 unspecified atom stereocenters. The van der Waals surface area contributed by atoms with Crippen molar-refractivity contribution in [2.75, 3.05) is 11.9 Å². The smallest absolute Gasteiger partial charge is 0.226 e. The Bertz CT molecular complexity index is 553. The molecule has 0 aliphatic heterocycles.